The van der Waals surface area contributed by atoms with Crippen molar-refractivity contribution in [2.45, 2.75) is 51.5 Å². The summed E-state index contributed by atoms with van der Waals surface area (Å²) in [4.78, 5) is 0. The first-order valence-electron chi connectivity index (χ1n) is 7.40. The van der Waals surface area contributed by atoms with Gasteiger partial charge in [0, 0.05) is 15.5 Å². The normalized spacial score (nSPS) is 18.5. The van der Waals surface area contributed by atoms with Gasteiger partial charge in [-0.3, -0.25) is 0 Å². The summed E-state index contributed by atoms with van der Waals surface area (Å²) in [7, 11) is 0. The first kappa shape index (κ1) is 15.3. The van der Waals surface area contributed by atoms with Crippen LogP contribution in [0.15, 0.2) is 22.7 Å². The second-order valence-electron chi connectivity index (χ2n) is 5.50. The average Bonchev–Trinajstić information content (AvgIpc) is 2.44. The second kappa shape index (κ2) is 7.66. The Hall–Kier alpha value is -0.0500. The fourth-order valence-corrected chi connectivity index (χ4v) is 3.66. The number of rotatable bonds is 5. The Morgan fingerprint density at radius 1 is 1.32 bits per heavy atom. The van der Waals surface area contributed by atoms with Crippen molar-refractivity contribution in [2.75, 3.05) is 6.54 Å². The highest BCUT2D eigenvalue weighted by Gasteiger charge is 2.26. The van der Waals surface area contributed by atoms with E-state index in [4.69, 9.17) is 11.6 Å². The minimum Gasteiger partial charge on any atom is -0.310 e. The van der Waals surface area contributed by atoms with E-state index in [9.17, 15) is 0 Å². The third-order valence-electron chi connectivity index (χ3n) is 4.03. The molecule has 0 spiro atoms. The second-order valence-corrected chi connectivity index (χ2v) is 6.82. The number of hydrogen-bond donors (Lipinski definition) is 1. The first-order chi connectivity index (χ1) is 9.22. The first-order valence-corrected chi connectivity index (χ1v) is 8.57. The van der Waals surface area contributed by atoms with Crippen molar-refractivity contribution >= 4 is 27.5 Å². The van der Waals surface area contributed by atoms with Gasteiger partial charge in [-0.05, 0) is 55.5 Å². The molecular formula is C16H23BrClN. The lowest BCUT2D eigenvalue weighted by atomic mass is 9.81. The van der Waals surface area contributed by atoms with Gasteiger partial charge in [0.15, 0.2) is 0 Å². The van der Waals surface area contributed by atoms with Gasteiger partial charge in [0.2, 0.25) is 0 Å². The quantitative estimate of drug-likeness (QED) is 0.720. The molecule has 1 N–H and O–H groups in total. The zero-order valence-corrected chi connectivity index (χ0v) is 13.9. The lowest BCUT2D eigenvalue weighted by Crippen LogP contribution is -2.30. The number of halogens is 2. The van der Waals surface area contributed by atoms with Crippen LogP contribution in [0.4, 0.5) is 0 Å². The van der Waals surface area contributed by atoms with Gasteiger partial charge in [0.1, 0.15) is 0 Å². The number of hydrogen-bond acceptors (Lipinski definition) is 1. The van der Waals surface area contributed by atoms with Gasteiger partial charge in [-0.1, -0.05) is 53.7 Å². The van der Waals surface area contributed by atoms with Crippen molar-refractivity contribution in [1.29, 1.82) is 0 Å². The zero-order valence-electron chi connectivity index (χ0n) is 11.6. The van der Waals surface area contributed by atoms with Crippen LogP contribution in [0.25, 0.3) is 0 Å². The molecule has 1 nitrogen and oxygen atoms in total. The van der Waals surface area contributed by atoms with Gasteiger partial charge in [-0.2, -0.15) is 0 Å². The summed E-state index contributed by atoms with van der Waals surface area (Å²) in [6, 6.07) is 6.61. The van der Waals surface area contributed by atoms with E-state index in [0.29, 0.717) is 6.04 Å². The third kappa shape index (κ3) is 4.21. The predicted octanol–water partition coefficient (Wildman–Crippen LogP) is 5.72. The summed E-state index contributed by atoms with van der Waals surface area (Å²) in [6.45, 7) is 3.28. The van der Waals surface area contributed by atoms with Crippen molar-refractivity contribution < 1.29 is 0 Å². The lowest BCUT2D eigenvalue weighted by molar-refractivity contribution is 0.272. The zero-order chi connectivity index (χ0) is 13.7. The molecule has 1 saturated carbocycles. The van der Waals surface area contributed by atoms with Crippen LogP contribution >= 0.6 is 27.5 Å². The molecule has 106 valence electrons. The smallest absolute Gasteiger partial charge is 0.0454 e. The topological polar surface area (TPSA) is 12.0 Å². The van der Waals surface area contributed by atoms with Crippen LogP contribution < -0.4 is 5.32 Å². The summed E-state index contributed by atoms with van der Waals surface area (Å²) in [5, 5.41) is 4.61. The van der Waals surface area contributed by atoms with E-state index in [1.54, 1.807) is 0 Å². The van der Waals surface area contributed by atoms with E-state index >= 15 is 0 Å². The maximum atomic E-state index is 6.43. The van der Waals surface area contributed by atoms with Crippen LogP contribution in [0.2, 0.25) is 5.02 Å². The molecule has 0 aliphatic heterocycles. The van der Waals surface area contributed by atoms with Crippen molar-refractivity contribution in [3.63, 3.8) is 0 Å². The standard InChI is InChI=1S/C16H23BrClN/c1-2-10-19-16(12-6-4-3-5-7-12)14-11-13(17)8-9-15(14)18/h8-9,11-12,16,19H,2-7,10H2,1H3. The number of benzene rings is 1. The monoisotopic (exact) mass is 343 g/mol. The van der Waals surface area contributed by atoms with Crippen LogP contribution in [0.3, 0.4) is 0 Å². The molecule has 19 heavy (non-hydrogen) atoms. The number of nitrogens with one attached hydrogen (secondary N) is 1. The highest BCUT2D eigenvalue weighted by Crippen LogP contribution is 2.38. The molecule has 1 aromatic carbocycles. The van der Waals surface area contributed by atoms with Gasteiger partial charge >= 0.3 is 0 Å². The molecule has 0 aromatic heterocycles. The molecule has 1 fully saturated rings. The summed E-state index contributed by atoms with van der Waals surface area (Å²) < 4.78 is 1.12. The van der Waals surface area contributed by atoms with Crippen molar-refractivity contribution in [1.82, 2.24) is 5.32 Å². The molecule has 1 atom stereocenters. The van der Waals surface area contributed by atoms with Crippen LogP contribution in [-0.2, 0) is 0 Å². The fraction of sp³-hybridized carbons (Fsp3) is 0.625. The molecule has 1 unspecified atom stereocenters. The molecule has 1 aliphatic carbocycles. The van der Waals surface area contributed by atoms with E-state index in [2.05, 4.69) is 34.2 Å². The van der Waals surface area contributed by atoms with Gasteiger partial charge in [0.05, 0.1) is 0 Å². The van der Waals surface area contributed by atoms with Gasteiger partial charge in [-0.15, -0.1) is 0 Å². The van der Waals surface area contributed by atoms with E-state index < -0.39 is 0 Å². The molecule has 1 aromatic rings. The molecule has 0 bridgehead atoms. The van der Waals surface area contributed by atoms with Gasteiger partial charge in [-0.25, -0.2) is 0 Å². The Labute approximate surface area is 130 Å². The summed E-state index contributed by atoms with van der Waals surface area (Å²) in [6.07, 6.45) is 7.92. The Morgan fingerprint density at radius 3 is 2.74 bits per heavy atom. The Kier molecular flexibility index (Phi) is 6.18. The van der Waals surface area contributed by atoms with Crippen LogP contribution in [0.5, 0.6) is 0 Å². The lowest BCUT2D eigenvalue weighted by Gasteiger charge is -2.32. The summed E-state index contributed by atoms with van der Waals surface area (Å²) in [5.74, 6) is 0.729. The Morgan fingerprint density at radius 2 is 2.05 bits per heavy atom. The van der Waals surface area contributed by atoms with Crippen LogP contribution in [0.1, 0.15) is 57.1 Å². The van der Waals surface area contributed by atoms with Crippen molar-refractivity contribution in [3.05, 3.63) is 33.3 Å². The minimum absolute atomic E-state index is 0.408. The maximum Gasteiger partial charge on any atom is 0.0454 e. The SMILES string of the molecule is CCCNC(c1cc(Br)ccc1Cl)C1CCCCC1. The van der Waals surface area contributed by atoms with Gasteiger partial charge < -0.3 is 5.32 Å². The van der Waals surface area contributed by atoms with Crippen molar-refractivity contribution in [2.24, 2.45) is 5.92 Å². The average molecular weight is 345 g/mol. The fourth-order valence-electron chi connectivity index (χ4n) is 3.05. The largest absolute Gasteiger partial charge is 0.310 e. The Bertz CT molecular complexity index is 402. The summed E-state index contributed by atoms with van der Waals surface area (Å²) in [5.41, 5.74) is 1.26. The van der Waals surface area contributed by atoms with Crippen molar-refractivity contribution in [3.8, 4) is 0 Å². The van der Waals surface area contributed by atoms with Crippen LogP contribution in [0, 0.1) is 5.92 Å². The Balaban J connectivity index is 2.22. The highest BCUT2D eigenvalue weighted by atomic mass is 79.9. The third-order valence-corrected chi connectivity index (χ3v) is 4.87. The van der Waals surface area contributed by atoms with E-state index in [-0.39, 0.29) is 0 Å². The molecular weight excluding hydrogens is 322 g/mol. The van der Waals surface area contributed by atoms with E-state index in [1.807, 2.05) is 12.1 Å². The maximum absolute atomic E-state index is 6.43. The molecule has 1 aliphatic rings. The molecule has 2 rings (SSSR count). The molecule has 0 amide bonds. The molecule has 3 heteroatoms. The predicted molar refractivity (Wildman–Crippen MR) is 86.8 cm³/mol. The van der Waals surface area contributed by atoms with E-state index in [1.165, 1.54) is 37.7 Å². The minimum atomic E-state index is 0.408. The van der Waals surface area contributed by atoms with Gasteiger partial charge in [0.25, 0.3) is 0 Å². The summed E-state index contributed by atoms with van der Waals surface area (Å²) >= 11 is 10.00. The highest BCUT2D eigenvalue weighted by molar-refractivity contribution is 9.10. The van der Waals surface area contributed by atoms with E-state index in [0.717, 1.165) is 28.4 Å². The molecule has 0 heterocycles. The van der Waals surface area contributed by atoms with Crippen LogP contribution in [-0.4, -0.2) is 6.54 Å². The molecule has 0 saturated heterocycles. The molecule has 0 radical (unpaired) electrons.